The molecular formula is C3H6AlCl4NaO4. The Morgan fingerprint density at radius 3 is 1.46 bits per heavy atom. The van der Waals surface area contributed by atoms with Crippen LogP contribution in [0, 0.1) is 0 Å². The van der Waals surface area contributed by atoms with Crippen molar-refractivity contribution in [1.82, 2.24) is 0 Å². The maximum absolute atomic E-state index is 9.79. The largest absolute Gasteiger partial charge is 3.00 e. The normalized spacial score (nSPS) is 7.00. The molecule has 0 aromatic rings. The first-order valence-corrected chi connectivity index (χ1v) is 1.72. The number of hydrogen-bond donors (Lipinski definition) is 2. The van der Waals surface area contributed by atoms with Gasteiger partial charge in [-0.3, -0.25) is 4.89 Å². The summed E-state index contributed by atoms with van der Waals surface area (Å²) in [5.41, 5.74) is 0. The first kappa shape index (κ1) is 45.8. The van der Waals surface area contributed by atoms with E-state index in [0.717, 1.165) is 0 Å². The third-order valence-electron chi connectivity index (χ3n) is 0.431. The van der Waals surface area contributed by atoms with E-state index in [1.54, 1.807) is 0 Å². The molecule has 0 aliphatic heterocycles. The SMILES string of the molecule is CC(O)C(=O)OO.[Al+3].[Cl-].[Cl-].[Cl-].[Cl-].[Na+]. The average Bonchev–Trinajstić information content (AvgIpc) is 1.65. The molecule has 0 amide bonds. The molecule has 13 heavy (non-hydrogen) atoms. The Labute approximate surface area is 134 Å². The van der Waals surface area contributed by atoms with Crippen LogP contribution in [-0.2, 0) is 9.68 Å². The summed E-state index contributed by atoms with van der Waals surface area (Å²) in [4.78, 5) is 12.9. The zero-order valence-electron chi connectivity index (χ0n) is 6.88. The minimum Gasteiger partial charge on any atom is -1.00 e. The fraction of sp³-hybridized carbons (Fsp3) is 0.667. The number of aliphatic hydroxyl groups is 1. The van der Waals surface area contributed by atoms with Crippen molar-refractivity contribution in [2.75, 3.05) is 0 Å². The van der Waals surface area contributed by atoms with Crippen LogP contribution in [0.25, 0.3) is 0 Å². The van der Waals surface area contributed by atoms with Gasteiger partial charge in [0.25, 0.3) is 0 Å². The van der Waals surface area contributed by atoms with Crippen molar-refractivity contribution in [2.45, 2.75) is 13.0 Å². The van der Waals surface area contributed by atoms with Crippen molar-refractivity contribution in [2.24, 2.45) is 0 Å². The van der Waals surface area contributed by atoms with Crippen LogP contribution >= 0.6 is 0 Å². The monoisotopic (exact) mass is 296 g/mol. The molecule has 1 unspecified atom stereocenters. The van der Waals surface area contributed by atoms with E-state index >= 15 is 0 Å². The predicted molar refractivity (Wildman–Crippen MR) is 26.2 cm³/mol. The summed E-state index contributed by atoms with van der Waals surface area (Å²) in [6, 6.07) is 0. The molecule has 74 valence electrons. The molecule has 0 saturated carbocycles. The van der Waals surface area contributed by atoms with E-state index in [1.165, 1.54) is 6.92 Å². The molecule has 0 heterocycles. The Morgan fingerprint density at radius 2 is 1.46 bits per heavy atom. The summed E-state index contributed by atoms with van der Waals surface area (Å²) in [5, 5.41) is 15.7. The summed E-state index contributed by atoms with van der Waals surface area (Å²) in [6.45, 7) is 1.19. The van der Waals surface area contributed by atoms with Crippen molar-refractivity contribution >= 4 is 23.3 Å². The van der Waals surface area contributed by atoms with Gasteiger partial charge in [0.2, 0.25) is 0 Å². The second-order valence-corrected chi connectivity index (χ2v) is 1.09. The molecule has 10 heteroatoms. The summed E-state index contributed by atoms with van der Waals surface area (Å²) < 4.78 is 0. The van der Waals surface area contributed by atoms with E-state index in [1.807, 2.05) is 0 Å². The van der Waals surface area contributed by atoms with Crippen LogP contribution in [0.4, 0.5) is 0 Å². The van der Waals surface area contributed by atoms with Gasteiger partial charge in [-0.05, 0) is 6.92 Å². The van der Waals surface area contributed by atoms with Crippen LogP contribution in [0.3, 0.4) is 0 Å². The van der Waals surface area contributed by atoms with Gasteiger partial charge in [0.1, 0.15) is 0 Å². The van der Waals surface area contributed by atoms with Gasteiger partial charge in [0.05, 0.1) is 0 Å². The van der Waals surface area contributed by atoms with Crippen LogP contribution in [0.5, 0.6) is 0 Å². The molecule has 0 saturated heterocycles. The molecule has 1 atom stereocenters. The van der Waals surface area contributed by atoms with Crippen molar-refractivity contribution in [1.29, 1.82) is 0 Å². The van der Waals surface area contributed by atoms with Crippen LogP contribution < -0.4 is 79.2 Å². The van der Waals surface area contributed by atoms with E-state index in [9.17, 15) is 4.79 Å². The van der Waals surface area contributed by atoms with E-state index in [2.05, 4.69) is 4.89 Å². The van der Waals surface area contributed by atoms with Gasteiger partial charge in [-0.15, -0.1) is 0 Å². The van der Waals surface area contributed by atoms with E-state index < -0.39 is 12.1 Å². The van der Waals surface area contributed by atoms with Crippen LogP contribution in [0.1, 0.15) is 6.92 Å². The fourth-order valence-electron chi connectivity index (χ4n) is 0.0763. The molecule has 2 N–H and O–H groups in total. The summed E-state index contributed by atoms with van der Waals surface area (Å²) in [5.74, 6) is -1.04. The molecule has 0 radical (unpaired) electrons. The molecule has 4 nitrogen and oxygen atoms in total. The molecule has 0 aliphatic rings. The third kappa shape index (κ3) is 31.5. The molecule has 0 rings (SSSR count). The number of aliphatic hydroxyl groups excluding tert-OH is 1. The minimum atomic E-state index is -1.25. The Balaban J connectivity index is -0.0000000120. The van der Waals surface area contributed by atoms with Gasteiger partial charge in [-0.25, -0.2) is 4.79 Å². The van der Waals surface area contributed by atoms with Gasteiger partial charge in [0.15, 0.2) is 6.10 Å². The Morgan fingerprint density at radius 1 is 1.23 bits per heavy atom. The van der Waals surface area contributed by atoms with Crippen LogP contribution in [0.2, 0.25) is 0 Å². The number of halogens is 4. The van der Waals surface area contributed by atoms with E-state index in [4.69, 9.17) is 10.4 Å². The molecule has 0 aliphatic carbocycles. The smallest absolute Gasteiger partial charge is 1.00 e. The Hall–Kier alpha value is 2.08. The molecule has 0 spiro atoms. The van der Waals surface area contributed by atoms with Crippen molar-refractivity contribution in [3.8, 4) is 0 Å². The van der Waals surface area contributed by atoms with Gasteiger partial charge >= 0.3 is 52.9 Å². The van der Waals surface area contributed by atoms with Gasteiger partial charge < -0.3 is 54.7 Å². The van der Waals surface area contributed by atoms with Crippen LogP contribution in [0.15, 0.2) is 0 Å². The van der Waals surface area contributed by atoms with Crippen molar-refractivity contribution in [3.05, 3.63) is 0 Å². The van der Waals surface area contributed by atoms with Gasteiger partial charge in [0, 0.05) is 0 Å². The van der Waals surface area contributed by atoms with E-state index in [0.29, 0.717) is 0 Å². The second kappa shape index (κ2) is 29.2. The zero-order valence-corrected chi connectivity index (χ0v) is 13.1. The van der Waals surface area contributed by atoms with Crippen LogP contribution in [-0.4, -0.2) is 39.8 Å². The maximum atomic E-state index is 9.79. The van der Waals surface area contributed by atoms with Crippen molar-refractivity contribution in [3.63, 3.8) is 0 Å². The summed E-state index contributed by atoms with van der Waals surface area (Å²) in [7, 11) is 0. The van der Waals surface area contributed by atoms with Gasteiger partial charge in [-0.2, -0.15) is 5.26 Å². The molecule has 0 bridgehead atoms. The van der Waals surface area contributed by atoms with E-state index in [-0.39, 0.29) is 96.5 Å². The Kier molecular flexibility index (Phi) is 103. The molecule has 0 fully saturated rings. The van der Waals surface area contributed by atoms with Gasteiger partial charge in [-0.1, -0.05) is 0 Å². The molecule has 0 aromatic carbocycles. The standard InChI is InChI=1S/C3H6O4.Al.4ClH.Na/c1-2(4)3(5)7-6;;;;;;/h2,4,6H,1H3;;4*1H;/q;+3;;;;;+1/p-4. The molecule has 0 aromatic heterocycles. The number of rotatable bonds is 1. The number of hydrogen-bond acceptors (Lipinski definition) is 4. The minimum absolute atomic E-state index is 0. The Bertz CT molecular complexity index is 87.8. The van der Waals surface area contributed by atoms with Crippen molar-refractivity contribution < 1.29 is 99.2 Å². The summed E-state index contributed by atoms with van der Waals surface area (Å²) >= 11 is 0. The number of carbonyl (C=O) groups is 1. The predicted octanol–water partition coefficient (Wildman–Crippen LogP) is -16.0. The number of carbonyl (C=O) groups excluding carboxylic acids is 1. The zero-order chi connectivity index (χ0) is 5.86. The maximum Gasteiger partial charge on any atom is 3.00 e. The fourth-order valence-corrected chi connectivity index (χ4v) is 0.0763. The molecular weight excluding hydrogens is 292 g/mol. The topological polar surface area (TPSA) is 66.8 Å². The first-order chi connectivity index (χ1) is 3.18. The average molecular weight is 298 g/mol. The summed E-state index contributed by atoms with van der Waals surface area (Å²) in [6.07, 6.45) is -1.25. The first-order valence-electron chi connectivity index (χ1n) is 1.72. The second-order valence-electron chi connectivity index (χ2n) is 1.09. The third-order valence-corrected chi connectivity index (χ3v) is 0.431. The quantitative estimate of drug-likeness (QED) is 0.287.